The smallest absolute Gasteiger partial charge is 0.396 e. The van der Waals surface area contributed by atoms with Gasteiger partial charge in [0.05, 0.1) is 0 Å². The molecule has 1 rings (SSSR count). The molecule has 0 aromatic carbocycles. The lowest BCUT2D eigenvalue weighted by Crippen LogP contribution is -2.56. The number of aliphatic hydroxyl groups is 1. The van der Waals surface area contributed by atoms with Gasteiger partial charge in [-0.25, -0.2) is 4.79 Å². The van der Waals surface area contributed by atoms with Crippen LogP contribution in [0.2, 0.25) is 0 Å². The number of halogens is 3. The summed E-state index contributed by atoms with van der Waals surface area (Å²) in [5, 5.41) is 10.2. The van der Waals surface area contributed by atoms with Crippen molar-refractivity contribution < 1.29 is 27.9 Å². The molecule has 1 atom stereocenters. The molecule has 5 nitrogen and oxygen atoms in total. The summed E-state index contributed by atoms with van der Waals surface area (Å²) in [5.41, 5.74) is -2.84. The van der Waals surface area contributed by atoms with Crippen molar-refractivity contribution in [3.05, 3.63) is 0 Å². The average Bonchev–Trinajstić information content (AvgIpc) is 2.42. The second kappa shape index (κ2) is 4.52. The van der Waals surface area contributed by atoms with Gasteiger partial charge in [-0.05, 0) is 19.8 Å². The number of alkyl halides is 3. The van der Waals surface area contributed by atoms with Gasteiger partial charge >= 0.3 is 12.2 Å². The molecule has 0 aliphatic carbocycles. The minimum absolute atomic E-state index is 0.128. The zero-order valence-corrected chi connectivity index (χ0v) is 9.17. The average molecular weight is 254 g/mol. The second-order valence-electron chi connectivity index (χ2n) is 3.94. The fraction of sp³-hybridized carbons (Fsp3) is 0.778. The SMILES string of the molecule is CC1(C(F)(F)F)NC(=O)N(CCCCO)C1=O. The van der Waals surface area contributed by atoms with Crippen molar-refractivity contribution in [1.29, 1.82) is 0 Å². The number of rotatable bonds is 4. The van der Waals surface area contributed by atoms with E-state index in [1.165, 1.54) is 0 Å². The molecule has 3 amide bonds. The number of nitrogens with zero attached hydrogens (tertiary/aromatic N) is 1. The maximum Gasteiger partial charge on any atom is 0.420 e. The van der Waals surface area contributed by atoms with Crippen LogP contribution in [0.15, 0.2) is 0 Å². The summed E-state index contributed by atoms with van der Waals surface area (Å²) in [6.45, 7) is 0.371. The molecule has 98 valence electrons. The molecular weight excluding hydrogens is 241 g/mol. The van der Waals surface area contributed by atoms with Gasteiger partial charge in [0, 0.05) is 13.2 Å². The Balaban J connectivity index is 2.79. The highest BCUT2D eigenvalue weighted by molar-refractivity contribution is 6.07. The Morgan fingerprint density at radius 2 is 1.94 bits per heavy atom. The Kier molecular flexibility index (Phi) is 3.65. The second-order valence-corrected chi connectivity index (χ2v) is 3.94. The number of urea groups is 1. The van der Waals surface area contributed by atoms with Crippen LogP contribution in [0, 0.1) is 0 Å². The van der Waals surface area contributed by atoms with Crippen molar-refractivity contribution in [3.63, 3.8) is 0 Å². The van der Waals surface area contributed by atoms with Crippen LogP contribution < -0.4 is 5.32 Å². The maximum absolute atomic E-state index is 12.6. The quantitative estimate of drug-likeness (QED) is 0.571. The fourth-order valence-corrected chi connectivity index (χ4v) is 1.47. The van der Waals surface area contributed by atoms with Crippen LogP contribution in [0.4, 0.5) is 18.0 Å². The highest BCUT2D eigenvalue weighted by atomic mass is 19.4. The van der Waals surface area contributed by atoms with Crippen LogP contribution in [0.25, 0.3) is 0 Å². The van der Waals surface area contributed by atoms with Crippen LogP contribution >= 0.6 is 0 Å². The number of nitrogens with one attached hydrogen (secondary N) is 1. The summed E-state index contributed by atoms with van der Waals surface area (Å²) in [5.74, 6) is -1.30. The zero-order valence-electron chi connectivity index (χ0n) is 9.17. The van der Waals surface area contributed by atoms with E-state index in [2.05, 4.69) is 0 Å². The molecule has 0 aromatic rings. The van der Waals surface area contributed by atoms with Gasteiger partial charge in [0.1, 0.15) is 0 Å². The number of unbranched alkanes of at least 4 members (excludes halogenated alkanes) is 1. The number of imide groups is 1. The number of hydrogen-bond donors (Lipinski definition) is 2. The van der Waals surface area contributed by atoms with Gasteiger partial charge in [-0.15, -0.1) is 0 Å². The molecule has 1 fully saturated rings. The molecule has 1 aliphatic rings. The van der Waals surface area contributed by atoms with Crippen LogP contribution in [-0.2, 0) is 4.79 Å². The van der Waals surface area contributed by atoms with Crippen molar-refractivity contribution in [2.45, 2.75) is 31.5 Å². The Morgan fingerprint density at radius 1 is 1.35 bits per heavy atom. The molecule has 0 spiro atoms. The third-order valence-corrected chi connectivity index (χ3v) is 2.63. The van der Waals surface area contributed by atoms with Gasteiger partial charge in [-0.1, -0.05) is 0 Å². The Bertz CT molecular complexity index is 332. The predicted molar refractivity (Wildman–Crippen MR) is 51.0 cm³/mol. The van der Waals surface area contributed by atoms with E-state index in [9.17, 15) is 22.8 Å². The van der Waals surface area contributed by atoms with E-state index >= 15 is 0 Å². The van der Waals surface area contributed by atoms with Gasteiger partial charge < -0.3 is 10.4 Å². The minimum atomic E-state index is -4.83. The van der Waals surface area contributed by atoms with Crippen LogP contribution in [0.5, 0.6) is 0 Å². The maximum atomic E-state index is 12.6. The monoisotopic (exact) mass is 254 g/mol. The third-order valence-electron chi connectivity index (χ3n) is 2.63. The summed E-state index contributed by atoms with van der Waals surface area (Å²) >= 11 is 0. The van der Waals surface area contributed by atoms with Crippen LogP contribution in [0.3, 0.4) is 0 Å². The normalized spacial score (nSPS) is 25.4. The molecule has 0 saturated carbocycles. The molecule has 1 saturated heterocycles. The molecule has 2 N–H and O–H groups in total. The summed E-state index contributed by atoms with van der Waals surface area (Å²) < 4.78 is 37.9. The molecule has 0 bridgehead atoms. The first kappa shape index (κ1) is 13.8. The molecule has 8 heteroatoms. The summed E-state index contributed by atoms with van der Waals surface area (Å²) in [6, 6.07) is -1.05. The van der Waals surface area contributed by atoms with Gasteiger partial charge in [0.25, 0.3) is 5.91 Å². The summed E-state index contributed by atoms with van der Waals surface area (Å²) in [7, 11) is 0. The number of hydrogen-bond acceptors (Lipinski definition) is 3. The van der Waals surface area contributed by atoms with Gasteiger partial charge in [-0.3, -0.25) is 9.69 Å². The first-order valence-corrected chi connectivity index (χ1v) is 5.05. The first-order valence-electron chi connectivity index (χ1n) is 5.05. The third kappa shape index (κ3) is 2.36. The molecular formula is C9H13F3N2O3. The minimum Gasteiger partial charge on any atom is -0.396 e. The van der Waals surface area contributed by atoms with Gasteiger partial charge in [-0.2, -0.15) is 13.2 Å². The van der Waals surface area contributed by atoms with Gasteiger partial charge in [0.2, 0.25) is 5.54 Å². The lowest BCUT2D eigenvalue weighted by Gasteiger charge is -2.24. The van der Waals surface area contributed by atoms with Crippen molar-refractivity contribution in [2.24, 2.45) is 0 Å². The lowest BCUT2D eigenvalue weighted by atomic mass is 10.0. The number of aliphatic hydroxyl groups excluding tert-OH is 1. The largest absolute Gasteiger partial charge is 0.420 e. The Morgan fingerprint density at radius 3 is 2.35 bits per heavy atom. The standard InChI is InChI=1S/C9H13F3N2O3/c1-8(9(10,11)12)6(16)14(7(17)13-8)4-2-3-5-15/h15H,2-5H2,1H3,(H,13,17). The summed E-state index contributed by atoms with van der Waals surface area (Å²) in [4.78, 5) is 23.3. The van der Waals surface area contributed by atoms with E-state index in [4.69, 9.17) is 5.11 Å². The topological polar surface area (TPSA) is 69.6 Å². The van der Waals surface area contributed by atoms with Crippen molar-refractivity contribution in [1.82, 2.24) is 10.2 Å². The fourth-order valence-electron chi connectivity index (χ4n) is 1.47. The van der Waals surface area contributed by atoms with E-state index in [-0.39, 0.29) is 19.6 Å². The van der Waals surface area contributed by atoms with Crippen molar-refractivity contribution in [2.75, 3.05) is 13.2 Å². The molecule has 1 aliphatic heterocycles. The molecule has 0 aromatic heterocycles. The highest BCUT2D eigenvalue weighted by Crippen LogP contribution is 2.35. The van der Waals surface area contributed by atoms with E-state index in [0.717, 1.165) is 0 Å². The predicted octanol–water partition coefficient (Wildman–Crippen LogP) is 0.632. The van der Waals surface area contributed by atoms with Crippen LogP contribution in [-0.4, -0.2) is 46.8 Å². The van der Waals surface area contributed by atoms with E-state index in [0.29, 0.717) is 18.2 Å². The number of amides is 3. The molecule has 17 heavy (non-hydrogen) atoms. The number of carbonyl (C=O) groups is 2. The van der Waals surface area contributed by atoms with Crippen LogP contribution in [0.1, 0.15) is 19.8 Å². The van der Waals surface area contributed by atoms with E-state index in [1.807, 2.05) is 0 Å². The zero-order chi connectivity index (χ0) is 13.3. The number of carbonyl (C=O) groups excluding carboxylic acids is 2. The van der Waals surface area contributed by atoms with E-state index < -0.39 is 23.7 Å². The Hall–Kier alpha value is -1.31. The molecule has 0 radical (unpaired) electrons. The van der Waals surface area contributed by atoms with Crippen molar-refractivity contribution in [3.8, 4) is 0 Å². The highest BCUT2D eigenvalue weighted by Gasteiger charge is 2.64. The molecule has 1 unspecified atom stereocenters. The summed E-state index contributed by atoms with van der Waals surface area (Å²) in [6.07, 6.45) is -4.24. The van der Waals surface area contributed by atoms with Crippen molar-refractivity contribution >= 4 is 11.9 Å². The van der Waals surface area contributed by atoms with E-state index in [1.54, 1.807) is 5.32 Å². The Labute approximate surface area is 95.6 Å². The van der Waals surface area contributed by atoms with Gasteiger partial charge in [0.15, 0.2) is 0 Å². The lowest BCUT2D eigenvalue weighted by molar-refractivity contribution is -0.191. The first-order chi connectivity index (χ1) is 7.74. The molecule has 1 heterocycles.